The molecule has 3 nitrogen and oxygen atoms in total. The molecule has 1 aromatic rings. The summed E-state index contributed by atoms with van der Waals surface area (Å²) in [6, 6.07) is 8.13. The van der Waals surface area contributed by atoms with Crippen LogP contribution in [-0.4, -0.2) is 27.9 Å². The summed E-state index contributed by atoms with van der Waals surface area (Å²) in [6.07, 6.45) is 0. The van der Waals surface area contributed by atoms with Crippen LogP contribution in [0.5, 0.6) is 0 Å². The topological polar surface area (TPSA) is 40.5 Å². The Hall–Kier alpha value is -1.06. The summed E-state index contributed by atoms with van der Waals surface area (Å²) >= 11 is 5.70. The third-order valence-electron chi connectivity index (χ3n) is 2.59. The molecule has 0 amide bonds. The van der Waals surface area contributed by atoms with Crippen LogP contribution in [0.3, 0.4) is 0 Å². The van der Waals surface area contributed by atoms with Gasteiger partial charge in [0.1, 0.15) is 5.38 Å². The third kappa shape index (κ3) is 2.30. The molecule has 0 fully saturated rings. The number of hydrogen-bond donors (Lipinski definition) is 1. The lowest BCUT2D eigenvalue weighted by Crippen LogP contribution is -2.30. The molecule has 1 unspecified atom stereocenters. The van der Waals surface area contributed by atoms with Gasteiger partial charge >= 0.3 is 5.97 Å². The zero-order valence-corrected chi connectivity index (χ0v) is 8.94. The molecule has 80 valence electrons. The van der Waals surface area contributed by atoms with Gasteiger partial charge in [0, 0.05) is 19.6 Å². The molecule has 2 rings (SSSR count). The van der Waals surface area contributed by atoms with Gasteiger partial charge in [-0.25, -0.2) is 0 Å². The number of fused-ring (bicyclic) bond motifs is 1. The molecule has 1 N–H and O–H groups in total. The maximum absolute atomic E-state index is 10.6. The molecule has 0 saturated heterocycles. The first-order valence-corrected chi connectivity index (χ1v) is 5.26. The summed E-state index contributed by atoms with van der Waals surface area (Å²) in [5, 5.41) is 7.88. The molecule has 0 radical (unpaired) electrons. The number of carboxylic acid groups (broad SMARTS) is 1. The second-order valence-electron chi connectivity index (χ2n) is 3.74. The van der Waals surface area contributed by atoms with E-state index in [1.54, 1.807) is 0 Å². The Kier molecular flexibility index (Phi) is 2.93. The minimum atomic E-state index is -0.951. The number of rotatable bonds is 3. The van der Waals surface area contributed by atoms with Gasteiger partial charge in [0.05, 0.1) is 0 Å². The van der Waals surface area contributed by atoms with Gasteiger partial charge in [0.25, 0.3) is 0 Å². The quantitative estimate of drug-likeness (QED) is 0.796. The van der Waals surface area contributed by atoms with Crippen LogP contribution in [0.15, 0.2) is 24.3 Å². The molecule has 0 bridgehead atoms. The van der Waals surface area contributed by atoms with Gasteiger partial charge in [0.2, 0.25) is 0 Å². The standard InChI is InChI=1S/C11H12ClNO2/c12-10(11(14)15)7-13-5-8-3-1-2-4-9(8)6-13/h1-4,10H,5-7H2,(H,14,15). The lowest BCUT2D eigenvalue weighted by molar-refractivity contribution is -0.137. The molecule has 1 aromatic carbocycles. The van der Waals surface area contributed by atoms with Crippen LogP contribution >= 0.6 is 11.6 Å². The van der Waals surface area contributed by atoms with Crippen molar-refractivity contribution in [3.63, 3.8) is 0 Å². The van der Waals surface area contributed by atoms with E-state index in [1.165, 1.54) is 11.1 Å². The van der Waals surface area contributed by atoms with Crippen molar-refractivity contribution in [2.45, 2.75) is 18.5 Å². The average Bonchev–Trinajstić information content (AvgIpc) is 2.59. The van der Waals surface area contributed by atoms with Crippen molar-refractivity contribution in [1.82, 2.24) is 4.90 Å². The van der Waals surface area contributed by atoms with E-state index in [-0.39, 0.29) is 0 Å². The van der Waals surface area contributed by atoms with Crippen molar-refractivity contribution in [3.05, 3.63) is 35.4 Å². The molecule has 1 heterocycles. The largest absolute Gasteiger partial charge is 0.480 e. The predicted molar refractivity (Wildman–Crippen MR) is 57.8 cm³/mol. The number of halogens is 1. The zero-order chi connectivity index (χ0) is 10.8. The first-order chi connectivity index (χ1) is 7.16. The summed E-state index contributed by atoms with van der Waals surface area (Å²) in [7, 11) is 0. The monoisotopic (exact) mass is 225 g/mol. The van der Waals surface area contributed by atoms with Crippen molar-refractivity contribution in [2.75, 3.05) is 6.54 Å². The second-order valence-corrected chi connectivity index (χ2v) is 4.27. The Bertz CT molecular complexity index is 356. The van der Waals surface area contributed by atoms with Gasteiger partial charge < -0.3 is 5.11 Å². The van der Waals surface area contributed by atoms with Crippen LogP contribution in [0.1, 0.15) is 11.1 Å². The molecule has 0 spiro atoms. The lowest BCUT2D eigenvalue weighted by atomic mass is 10.1. The average molecular weight is 226 g/mol. The van der Waals surface area contributed by atoms with Crippen LogP contribution < -0.4 is 0 Å². The summed E-state index contributed by atoms with van der Waals surface area (Å²) in [4.78, 5) is 12.7. The van der Waals surface area contributed by atoms with Crippen molar-refractivity contribution in [2.24, 2.45) is 0 Å². The Labute approximate surface area is 93.3 Å². The van der Waals surface area contributed by atoms with E-state index in [1.807, 2.05) is 12.1 Å². The molecule has 0 aliphatic carbocycles. The number of carbonyl (C=O) groups is 1. The summed E-state index contributed by atoms with van der Waals surface area (Å²) < 4.78 is 0. The fourth-order valence-electron chi connectivity index (χ4n) is 1.84. The number of benzene rings is 1. The van der Waals surface area contributed by atoms with E-state index in [2.05, 4.69) is 17.0 Å². The highest BCUT2D eigenvalue weighted by Crippen LogP contribution is 2.22. The molecule has 0 saturated carbocycles. The second kappa shape index (κ2) is 4.21. The minimum absolute atomic E-state index is 0.394. The number of alkyl halides is 1. The normalized spacial score (nSPS) is 17.4. The van der Waals surface area contributed by atoms with Crippen molar-refractivity contribution >= 4 is 17.6 Å². The van der Waals surface area contributed by atoms with E-state index >= 15 is 0 Å². The van der Waals surface area contributed by atoms with Crippen LogP contribution in [0.25, 0.3) is 0 Å². The van der Waals surface area contributed by atoms with Gasteiger partial charge in [0.15, 0.2) is 0 Å². The maximum Gasteiger partial charge on any atom is 0.322 e. The van der Waals surface area contributed by atoms with E-state index in [4.69, 9.17) is 16.7 Å². The van der Waals surface area contributed by atoms with E-state index in [0.29, 0.717) is 6.54 Å². The van der Waals surface area contributed by atoms with E-state index in [9.17, 15) is 4.79 Å². The smallest absolute Gasteiger partial charge is 0.322 e. The number of nitrogens with zero attached hydrogens (tertiary/aromatic N) is 1. The summed E-state index contributed by atoms with van der Waals surface area (Å²) in [6.45, 7) is 1.99. The van der Waals surface area contributed by atoms with Gasteiger partial charge in [-0.2, -0.15) is 0 Å². The van der Waals surface area contributed by atoms with Crippen LogP contribution in [0.4, 0.5) is 0 Å². The fourth-order valence-corrected chi connectivity index (χ4v) is 2.03. The lowest BCUT2D eigenvalue weighted by Gasteiger charge is -2.15. The maximum atomic E-state index is 10.6. The van der Waals surface area contributed by atoms with Crippen molar-refractivity contribution < 1.29 is 9.90 Å². The number of carboxylic acids is 1. The highest BCUT2D eigenvalue weighted by molar-refractivity contribution is 6.29. The van der Waals surface area contributed by atoms with Gasteiger partial charge in [-0.15, -0.1) is 11.6 Å². The first kappa shape index (κ1) is 10.5. The predicted octanol–water partition coefficient (Wildman–Crippen LogP) is 1.69. The minimum Gasteiger partial charge on any atom is -0.480 e. The molecule has 1 aliphatic rings. The SMILES string of the molecule is O=C(O)C(Cl)CN1Cc2ccccc2C1. The number of aliphatic carboxylic acids is 1. The highest BCUT2D eigenvalue weighted by Gasteiger charge is 2.23. The van der Waals surface area contributed by atoms with Crippen LogP contribution in [0.2, 0.25) is 0 Å². The van der Waals surface area contributed by atoms with Crippen molar-refractivity contribution in [1.29, 1.82) is 0 Å². The third-order valence-corrected chi connectivity index (χ3v) is 2.92. The molecular weight excluding hydrogens is 214 g/mol. The first-order valence-electron chi connectivity index (χ1n) is 4.83. The summed E-state index contributed by atoms with van der Waals surface area (Å²) in [5.41, 5.74) is 2.54. The van der Waals surface area contributed by atoms with E-state index in [0.717, 1.165) is 13.1 Å². The van der Waals surface area contributed by atoms with Crippen LogP contribution in [-0.2, 0) is 17.9 Å². The highest BCUT2D eigenvalue weighted by atomic mass is 35.5. The van der Waals surface area contributed by atoms with E-state index < -0.39 is 11.3 Å². The summed E-state index contributed by atoms with van der Waals surface area (Å²) in [5.74, 6) is -0.951. The van der Waals surface area contributed by atoms with Crippen molar-refractivity contribution in [3.8, 4) is 0 Å². The van der Waals surface area contributed by atoms with Gasteiger partial charge in [-0.1, -0.05) is 24.3 Å². The molecular formula is C11H12ClNO2. The zero-order valence-electron chi connectivity index (χ0n) is 8.19. The Morgan fingerprint density at radius 2 is 1.93 bits per heavy atom. The Balaban J connectivity index is 1.99. The fraction of sp³-hybridized carbons (Fsp3) is 0.364. The molecule has 4 heteroatoms. The Morgan fingerprint density at radius 3 is 2.40 bits per heavy atom. The Morgan fingerprint density at radius 1 is 1.40 bits per heavy atom. The molecule has 1 aliphatic heterocycles. The van der Waals surface area contributed by atoms with Crippen LogP contribution in [0, 0.1) is 0 Å². The molecule has 1 atom stereocenters. The number of hydrogen-bond acceptors (Lipinski definition) is 2. The van der Waals surface area contributed by atoms with Gasteiger partial charge in [-0.3, -0.25) is 9.69 Å². The van der Waals surface area contributed by atoms with Gasteiger partial charge in [-0.05, 0) is 11.1 Å². The molecule has 0 aromatic heterocycles. The molecule has 15 heavy (non-hydrogen) atoms.